The summed E-state index contributed by atoms with van der Waals surface area (Å²) in [7, 11) is 1.55. The summed E-state index contributed by atoms with van der Waals surface area (Å²) in [6.45, 7) is 1.95. The highest BCUT2D eigenvalue weighted by Crippen LogP contribution is 2.34. The van der Waals surface area contributed by atoms with Crippen molar-refractivity contribution in [3.05, 3.63) is 47.8 Å². The number of hydrogen-bond acceptors (Lipinski definition) is 3. The molecular formula is C14H14FNO2. The Labute approximate surface area is 105 Å². The molecule has 18 heavy (non-hydrogen) atoms. The van der Waals surface area contributed by atoms with Gasteiger partial charge in [-0.3, -0.25) is 0 Å². The van der Waals surface area contributed by atoms with Crippen molar-refractivity contribution in [2.24, 2.45) is 0 Å². The van der Waals surface area contributed by atoms with Gasteiger partial charge < -0.3 is 15.2 Å². The highest BCUT2D eigenvalue weighted by Gasteiger charge is 2.08. The van der Waals surface area contributed by atoms with Gasteiger partial charge >= 0.3 is 0 Å². The molecule has 94 valence electrons. The van der Waals surface area contributed by atoms with E-state index in [0.717, 1.165) is 5.56 Å². The highest BCUT2D eigenvalue weighted by atomic mass is 19.1. The molecule has 3 nitrogen and oxygen atoms in total. The molecule has 0 aliphatic rings. The number of rotatable bonds is 3. The van der Waals surface area contributed by atoms with Gasteiger partial charge in [-0.2, -0.15) is 0 Å². The van der Waals surface area contributed by atoms with Gasteiger partial charge in [-0.15, -0.1) is 0 Å². The Morgan fingerprint density at radius 3 is 2.50 bits per heavy atom. The third-order valence-electron chi connectivity index (χ3n) is 2.51. The van der Waals surface area contributed by atoms with Gasteiger partial charge in [-0.1, -0.05) is 6.07 Å². The van der Waals surface area contributed by atoms with E-state index in [1.54, 1.807) is 13.2 Å². The van der Waals surface area contributed by atoms with Gasteiger partial charge in [-0.05, 0) is 36.8 Å². The molecule has 2 aromatic rings. The molecule has 2 N–H and O–H groups in total. The van der Waals surface area contributed by atoms with Crippen molar-refractivity contribution in [3.8, 4) is 17.2 Å². The molecule has 0 radical (unpaired) electrons. The van der Waals surface area contributed by atoms with Gasteiger partial charge in [0, 0.05) is 6.07 Å². The lowest BCUT2D eigenvalue weighted by atomic mass is 10.2. The molecule has 0 fully saturated rings. The maximum absolute atomic E-state index is 13.1. The van der Waals surface area contributed by atoms with Gasteiger partial charge in [0.25, 0.3) is 0 Å². The van der Waals surface area contributed by atoms with Crippen molar-refractivity contribution >= 4 is 5.69 Å². The van der Waals surface area contributed by atoms with Crippen molar-refractivity contribution < 1.29 is 13.9 Å². The number of hydrogen-bond donors (Lipinski definition) is 1. The number of benzene rings is 2. The minimum Gasteiger partial charge on any atom is -0.493 e. The van der Waals surface area contributed by atoms with Crippen LogP contribution in [0.4, 0.5) is 10.1 Å². The minimum absolute atomic E-state index is 0.275. The van der Waals surface area contributed by atoms with E-state index in [1.807, 2.05) is 19.1 Å². The highest BCUT2D eigenvalue weighted by molar-refractivity contribution is 5.55. The number of methoxy groups -OCH3 is 1. The minimum atomic E-state index is -0.398. The molecule has 0 heterocycles. The number of aryl methyl sites for hydroxylation is 1. The smallest absolute Gasteiger partial charge is 0.169 e. The zero-order chi connectivity index (χ0) is 13.1. The third-order valence-corrected chi connectivity index (χ3v) is 2.51. The number of anilines is 1. The Hall–Kier alpha value is -2.23. The second-order valence-electron chi connectivity index (χ2n) is 3.94. The lowest BCUT2D eigenvalue weighted by Gasteiger charge is -2.12. The number of nitrogens with two attached hydrogens (primary N) is 1. The molecule has 0 aromatic heterocycles. The van der Waals surface area contributed by atoms with Crippen LogP contribution in [0.15, 0.2) is 36.4 Å². The third kappa shape index (κ3) is 2.53. The van der Waals surface area contributed by atoms with Gasteiger partial charge in [-0.25, -0.2) is 4.39 Å². The lowest BCUT2D eigenvalue weighted by Crippen LogP contribution is -1.95. The summed E-state index contributed by atoms with van der Waals surface area (Å²) in [6.07, 6.45) is 0. The fourth-order valence-electron chi connectivity index (χ4n) is 1.57. The second-order valence-corrected chi connectivity index (χ2v) is 3.94. The van der Waals surface area contributed by atoms with Gasteiger partial charge in [0.15, 0.2) is 17.2 Å². The number of halogens is 1. The molecule has 4 heteroatoms. The SMILES string of the molecule is COc1cc(C)ccc1Oc1cc(F)ccc1N. The average Bonchev–Trinajstić information content (AvgIpc) is 2.36. The van der Waals surface area contributed by atoms with E-state index >= 15 is 0 Å². The Morgan fingerprint density at radius 1 is 1.00 bits per heavy atom. The molecule has 0 aliphatic heterocycles. The molecule has 0 unspecified atom stereocenters. The first-order valence-corrected chi connectivity index (χ1v) is 5.47. The van der Waals surface area contributed by atoms with E-state index in [0.29, 0.717) is 17.2 Å². The van der Waals surface area contributed by atoms with Crippen LogP contribution >= 0.6 is 0 Å². The maximum atomic E-state index is 13.1. The van der Waals surface area contributed by atoms with Crippen LogP contribution in [0.5, 0.6) is 17.2 Å². The average molecular weight is 247 g/mol. The molecule has 0 amide bonds. The van der Waals surface area contributed by atoms with E-state index in [-0.39, 0.29) is 5.75 Å². The van der Waals surface area contributed by atoms with Crippen LogP contribution in [0.25, 0.3) is 0 Å². The first-order valence-electron chi connectivity index (χ1n) is 5.47. The summed E-state index contributed by atoms with van der Waals surface area (Å²) in [4.78, 5) is 0. The molecule has 0 spiro atoms. The van der Waals surface area contributed by atoms with Crippen LogP contribution in [0.1, 0.15) is 5.56 Å². The van der Waals surface area contributed by atoms with Crippen LogP contribution in [-0.2, 0) is 0 Å². The standard InChI is InChI=1S/C14H14FNO2/c1-9-3-6-12(14(7-9)17-2)18-13-8-10(15)4-5-11(13)16/h3-8H,16H2,1-2H3. The summed E-state index contributed by atoms with van der Waals surface area (Å²) in [6, 6.07) is 9.48. The fourth-order valence-corrected chi connectivity index (χ4v) is 1.57. The van der Waals surface area contributed by atoms with E-state index in [4.69, 9.17) is 15.2 Å². The van der Waals surface area contributed by atoms with E-state index in [9.17, 15) is 4.39 Å². The lowest BCUT2D eigenvalue weighted by molar-refractivity contribution is 0.378. The molecule has 0 aliphatic carbocycles. The molecule has 0 bridgehead atoms. The largest absolute Gasteiger partial charge is 0.493 e. The van der Waals surface area contributed by atoms with Crippen molar-refractivity contribution in [3.63, 3.8) is 0 Å². The molecule has 2 aromatic carbocycles. The molecule has 0 saturated heterocycles. The van der Waals surface area contributed by atoms with Crippen molar-refractivity contribution in [2.45, 2.75) is 6.92 Å². The quantitative estimate of drug-likeness (QED) is 0.844. The van der Waals surface area contributed by atoms with E-state index in [1.165, 1.54) is 18.2 Å². The summed E-state index contributed by atoms with van der Waals surface area (Å²) in [5, 5.41) is 0. The van der Waals surface area contributed by atoms with E-state index in [2.05, 4.69) is 0 Å². The fraction of sp³-hybridized carbons (Fsp3) is 0.143. The Kier molecular flexibility index (Phi) is 3.37. The molecule has 0 atom stereocenters. The van der Waals surface area contributed by atoms with Crippen LogP contribution in [0.2, 0.25) is 0 Å². The normalized spacial score (nSPS) is 10.2. The Bertz CT molecular complexity index is 570. The first-order chi connectivity index (χ1) is 8.60. The second kappa shape index (κ2) is 4.96. The van der Waals surface area contributed by atoms with Crippen LogP contribution in [0, 0.1) is 12.7 Å². The van der Waals surface area contributed by atoms with Crippen molar-refractivity contribution in [1.29, 1.82) is 0 Å². The zero-order valence-corrected chi connectivity index (χ0v) is 10.2. The van der Waals surface area contributed by atoms with Gasteiger partial charge in [0.05, 0.1) is 12.8 Å². The summed E-state index contributed by atoms with van der Waals surface area (Å²) >= 11 is 0. The number of ether oxygens (including phenoxy) is 2. The summed E-state index contributed by atoms with van der Waals surface area (Å²) < 4.78 is 23.9. The van der Waals surface area contributed by atoms with Crippen LogP contribution in [0.3, 0.4) is 0 Å². The molecule has 2 rings (SSSR count). The predicted molar refractivity (Wildman–Crippen MR) is 68.6 cm³/mol. The van der Waals surface area contributed by atoms with Crippen molar-refractivity contribution in [1.82, 2.24) is 0 Å². The first kappa shape index (κ1) is 12.2. The molecule has 0 saturated carbocycles. The Morgan fingerprint density at radius 2 is 1.78 bits per heavy atom. The summed E-state index contributed by atoms with van der Waals surface area (Å²) in [5.74, 6) is 0.960. The number of nitrogen functional groups attached to an aromatic ring is 1. The maximum Gasteiger partial charge on any atom is 0.169 e. The topological polar surface area (TPSA) is 44.5 Å². The van der Waals surface area contributed by atoms with Crippen molar-refractivity contribution in [2.75, 3.05) is 12.8 Å². The predicted octanol–water partition coefficient (Wildman–Crippen LogP) is 3.52. The Balaban J connectivity index is 2.36. The zero-order valence-electron chi connectivity index (χ0n) is 10.2. The van der Waals surface area contributed by atoms with Gasteiger partial charge in [0.1, 0.15) is 5.82 Å². The van der Waals surface area contributed by atoms with Gasteiger partial charge in [0.2, 0.25) is 0 Å². The summed E-state index contributed by atoms with van der Waals surface area (Å²) in [5.41, 5.74) is 7.15. The van der Waals surface area contributed by atoms with E-state index < -0.39 is 5.82 Å². The van der Waals surface area contributed by atoms with Crippen LogP contribution in [-0.4, -0.2) is 7.11 Å². The monoisotopic (exact) mass is 247 g/mol. The molecular weight excluding hydrogens is 233 g/mol. The van der Waals surface area contributed by atoms with Crippen LogP contribution < -0.4 is 15.2 Å².